The second kappa shape index (κ2) is 6.85. The van der Waals surface area contributed by atoms with Crippen molar-refractivity contribution in [1.29, 1.82) is 0 Å². The molecule has 0 radical (unpaired) electrons. The molecule has 5 nitrogen and oxygen atoms in total. The summed E-state index contributed by atoms with van der Waals surface area (Å²) in [6.07, 6.45) is 0.477. The summed E-state index contributed by atoms with van der Waals surface area (Å²) in [6.45, 7) is 0.540. The summed E-state index contributed by atoms with van der Waals surface area (Å²) >= 11 is 0. The molecule has 0 bridgehead atoms. The van der Waals surface area contributed by atoms with Gasteiger partial charge in [-0.15, -0.1) is 0 Å². The molecule has 0 spiro atoms. The van der Waals surface area contributed by atoms with Crippen molar-refractivity contribution in [2.75, 3.05) is 18.8 Å². The van der Waals surface area contributed by atoms with Crippen molar-refractivity contribution < 1.29 is 22.3 Å². The average molecular weight is 394 g/mol. The lowest BCUT2D eigenvalue weighted by Gasteiger charge is -2.28. The van der Waals surface area contributed by atoms with E-state index in [9.17, 15) is 22.3 Å². The van der Waals surface area contributed by atoms with E-state index in [2.05, 4.69) is 0 Å². The summed E-state index contributed by atoms with van der Waals surface area (Å²) in [5.41, 5.74) is 1.33. The van der Waals surface area contributed by atoms with Crippen molar-refractivity contribution in [2.24, 2.45) is 0 Å². The predicted molar refractivity (Wildman–Crippen MR) is 100.0 cm³/mol. The van der Waals surface area contributed by atoms with Crippen LogP contribution >= 0.6 is 0 Å². The highest BCUT2D eigenvalue weighted by Crippen LogP contribution is 2.30. The molecule has 0 aliphatic carbocycles. The van der Waals surface area contributed by atoms with Crippen LogP contribution in [0.4, 0.5) is 8.78 Å². The molecule has 144 valence electrons. The first-order valence-corrected chi connectivity index (χ1v) is 10.5. The van der Waals surface area contributed by atoms with Gasteiger partial charge in [0.15, 0.2) is 0 Å². The quantitative estimate of drug-likeness (QED) is 0.740. The normalized spacial score (nSPS) is 18.9. The number of aliphatic hydroxyl groups is 1. The third kappa shape index (κ3) is 3.44. The highest BCUT2D eigenvalue weighted by molar-refractivity contribution is 7.89. The lowest BCUT2D eigenvalue weighted by Crippen LogP contribution is -2.43. The number of hydrogen-bond donors (Lipinski definition) is 1. The second-order valence-corrected chi connectivity index (χ2v) is 9.06. The third-order valence-corrected chi connectivity index (χ3v) is 6.97. The van der Waals surface area contributed by atoms with Crippen LogP contribution in [0.25, 0.3) is 21.8 Å². The lowest BCUT2D eigenvalue weighted by atomic mass is 10.1. The highest BCUT2D eigenvalue weighted by atomic mass is 32.2. The average Bonchev–Trinajstić information content (AvgIpc) is 2.89. The van der Waals surface area contributed by atoms with Crippen molar-refractivity contribution in [2.45, 2.75) is 25.5 Å². The Bertz CT molecular complexity index is 1050. The third-order valence-electron chi connectivity index (χ3n) is 5.05. The van der Waals surface area contributed by atoms with E-state index in [1.165, 1.54) is 28.6 Å². The van der Waals surface area contributed by atoms with Crippen LogP contribution in [0.2, 0.25) is 0 Å². The number of rotatable bonds is 4. The molecule has 1 unspecified atom stereocenters. The van der Waals surface area contributed by atoms with Crippen LogP contribution in [0, 0.1) is 11.6 Å². The molecule has 1 aromatic heterocycles. The van der Waals surface area contributed by atoms with Gasteiger partial charge in [0.05, 0.1) is 18.4 Å². The molecule has 0 amide bonds. The maximum absolute atomic E-state index is 13.7. The molecule has 4 rings (SSSR count). The molecule has 1 aliphatic rings. The number of nitrogens with zero attached hydrogens (tertiary/aromatic N) is 2. The van der Waals surface area contributed by atoms with Crippen LogP contribution in [0.15, 0.2) is 36.4 Å². The Kier molecular flexibility index (Phi) is 4.65. The van der Waals surface area contributed by atoms with Gasteiger partial charge in [0, 0.05) is 34.9 Å². The molecule has 1 atom stereocenters. The number of aromatic nitrogens is 1. The first-order valence-electron chi connectivity index (χ1n) is 8.88. The van der Waals surface area contributed by atoms with Crippen molar-refractivity contribution >= 4 is 31.8 Å². The number of benzene rings is 2. The first kappa shape index (κ1) is 18.3. The number of β-amino-alcohol motifs (C(OH)–C–C–N with tert-alkyl or cyclic N) is 1. The van der Waals surface area contributed by atoms with Crippen LogP contribution in [-0.4, -0.2) is 47.3 Å². The summed E-state index contributed by atoms with van der Waals surface area (Å²) in [4.78, 5) is 0. The maximum Gasteiger partial charge on any atom is 0.214 e. The minimum absolute atomic E-state index is 0.00584. The zero-order valence-corrected chi connectivity index (χ0v) is 15.4. The second-order valence-electron chi connectivity index (χ2n) is 6.97. The maximum atomic E-state index is 13.7. The Balaban J connectivity index is 1.70. The Labute approximate surface area is 155 Å². The van der Waals surface area contributed by atoms with Crippen LogP contribution in [0.5, 0.6) is 0 Å². The molecule has 1 N–H and O–H groups in total. The van der Waals surface area contributed by atoms with E-state index in [4.69, 9.17) is 0 Å². The zero-order chi connectivity index (χ0) is 19.2. The van der Waals surface area contributed by atoms with Gasteiger partial charge in [-0.1, -0.05) is 0 Å². The minimum atomic E-state index is -3.33. The SMILES string of the molecule is O=S1(=O)CCCCN1CC(O)Cn1c2ccc(F)cc2c2cc(F)ccc21. The van der Waals surface area contributed by atoms with Gasteiger partial charge in [-0.2, -0.15) is 4.31 Å². The summed E-state index contributed by atoms with van der Waals surface area (Å²) < 4.78 is 54.8. The fraction of sp³-hybridized carbons (Fsp3) is 0.368. The van der Waals surface area contributed by atoms with Gasteiger partial charge in [0.25, 0.3) is 0 Å². The number of hydrogen-bond acceptors (Lipinski definition) is 3. The molecule has 1 saturated heterocycles. The number of fused-ring (bicyclic) bond motifs is 3. The minimum Gasteiger partial charge on any atom is -0.390 e. The van der Waals surface area contributed by atoms with Gasteiger partial charge in [0.1, 0.15) is 11.6 Å². The van der Waals surface area contributed by atoms with E-state index < -0.39 is 27.8 Å². The van der Waals surface area contributed by atoms with Gasteiger partial charge < -0.3 is 9.67 Å². The monoisotopic (exact) mass is 394 g/mol. The van der Waals surface area contributed by atoms with E-state index in [1.54, 1.807) is 16.7 Å². The summed E-state index contributed by atoms with van der Waals surface area (Å²) in [6, 6.07) is 8.50. The fourth-order valence-electron chi connectivity index (χ4n) is 3.79. The van der Waals surface area contributed by atoms with Crippen LogP contribution in [-0.2, 0) is 16.6 Å². The Morgan fingerprint density at radius 3 is 2.11 bits per heavy atom. The largest absolute Gasteiger partial charge is 0.390 e. The zero-order valence-electron chi connectivity index (χ0n) is 14.6. The molecular formula is C19H20F2N2O3S. The van der Waals surface area contributed by atoms with Gasteiger partial charge in [-0.3, -0.25) is 0 Å². The molecule has 2 aromatic carbocycles. The van der Waals surface area contributed by atoms with E-state index in [1.807, 2.05) is 0 Å². The van der Waals surface area contributed by atoms with Gasteiger partial charge in [0.2, 0.25) is 10.0 Å². The molecule has 3 aromatic rings. The standard InChI is InChI=1S/C19H20F2N2O3S/c20-13-3-5-18-16(9-13)17-10-14(21)4-6-19(17)23(18)12-15(24)11-22-7-1-2-8-27(22,25)26/h3-6,9-10,15,24H,1-2,7-8,11-12H2. The van der Waals surface area contributed by atoms with Gasteiger partial charge in [-0.05, 0) is 49.2 Å². The molecular weight excluding hydrogens is 374 g/mol. The molecule has 1 aliphatic heterocycles. The van der Waals surface area contributed by atoms with Crippen molar-refractivity contribution in [3.8, 4) is 0 Å². The van der Waals surface area contributed by atoms with Gasteiger partial charge in [-0.25, -0.2) is 17.2 Å². The van der Waals surface area contributed by atoms with E-state index in [0.29, 0.717) is 34.8 Å². The van der Waals surface area contributed by atoms with E-state index >= 15 is 0 Å². The van der Waals surface area contributed by atoms with Gasteiger partial charge >= 0.3 is 0 Å². The number of halogens is 2. The first-order chi connectivity index (χ1) is 12.8. The number of sulfonamides is 1. The van der Waals surface area contributed by atoms with Crippen molar-refractivity contribution in [1.82, 2.24) is 8.87 Å². The predicted octanol–water partition coefficient (Wildman–Crippen LogP) is 2.86. The van der Waals surface area contributed by atoms with Crippen LogP contribution in [0.1, 0.15) is 12.8 Å². The molecule has 1 fully saturated rings. The van der Waals surface area contributed by atoms with Crippen LogP contribution in [0.3, 0.4) is 0 Å². The lowest BCUT2D eigenvalue weighted by molar-refractivity contribution is 0.128. The topological polar surface area (TPSA) is 62.5 Å². The van der Waals surface area contributed by atoms with E-state index in [-0.39, 0.29) is 18.8 Å². The van der Waals surface area contributed by atoms with Crippen molar-refractivity contribution in [3.63, 3.8) is 0 Å². The summed E-state index contributed by atoms with van der Waals surface area (Å²) in [5, 5.41) is 11.7. The Hall–Kier alpha value is -2.03. The van der Waals surface area contributed by atoms with E-state index in [0.717, 1.165) is 6.42 Å². The van der Waals surface area contributed by atoms with Crippen LogP contribution < -0.4 is 0 Å². The molecule has 2 heterocycles. The Morgan fingerprint density at radius 2 is 1.56 bits per heavy atom. The fourth-order valence-corrected chi connectivity index (χ4v) is 5.43. The van der Waals surface area contributed by atoms with Crippen molar-refractivity contribution in [3.05, 3.63) is 48.0 Å². The summed E-state index contributed by atoms with van der Waals surface area (Å²) in [7, 11) is -3.33. The Morgan fingerprint density at radius 1 is 0.963 bits per heavy atom. The smallest absolute Gasteiger partial charge is 0.214 e. The molecule has 27 heavy (non-hydrogen) atoms. The number of aliphatic hydroxyl groups excluding tert-OH is 1. The highest BCUT2D eigenvalue weighted by Gasteiger charge is 2.28. The summed E-state index contributed by atoms with van der Waals surface area (Å²) in [5.74, 6) is -0.746. The molecule has 0 saturated carbocycles. The molecule has 8 heteroatoms.